The molecule has 82 valence electrons. The summed E-state index contributed by atoms with van der Waals surface area (Å²) < 4.78 is 0. The maximum Gasteiger partial charge on any atom is 0.122 e. The Labute approximate surface area is 98.8 Å². The maximum atomic E-state index is 10.3. The molecule has 0 saturated heterocycles. The second kappa shape index (κ2) is 4.97. The smallest absolute Gasteiger partial charge is 0.122 e. The van der Waals surface area contributed by atoms with Crippen molar-refractivity contribution in [2.75, 3.05) is 0 Å². The zero-order chi connectivity index (χ0) is 11.5. The number of carbonyl (C=O) groups is 1. The van der Waals surface area contributed by atoms with Gasteiger partial charge in [0.05, 0.1) is 15.6 Å². The second-order valence-electron chi connectivity index (χ2n) is 3.76. The van der Waals surface area contributed by atoms with Gasteiger partial charge >= 0.3 is 0 Å². The predicted octanol–water partition coefficient (Wildman–Crippen LogP) is 2.88. The van der Waals surface area contributed by atoms with Gasteiger partial charge in [0.1, 0.15) is 6.29 Å². The van der Waals surface area contributed by atoms with Gasteiger partial charge in [-0.3, -0.25) is 0 Å². The molecule has 0 aliphatic rings. The first-order valence-corrected chi connectivity index (χ1v) is 5.31. The molecule has 0 spiro atoms. The first-order valence-electron chi connectivity index (χ1n) is 4.55. The van der Waals surface area contributed by atoms with Crippen molar-refractivity contribution in [3.63, 3.8) is 0 Å². The Balaban J connectivity index is 2.89. The standard InChI is InChI=1S/C11H12Cl2O2/c1-11(15,5-6-14)7-8-3-2-4-9(12)10(8)13/h2-4,6,15H,5,7H2,1H3. The number of carbonyl (C=O) groups excluding carboxylic acids is 1. The lowest BCUT2D eigenvalue weighted by atomic mass is 9.94. The van der Waals surface area contributed by atoms with Gasteiger partial charge in [-0.1, -0.05) is 35.3 Å². The molecular weight excluding hydrogens is 235 g/mol. The molecule has 1 aromatic carbocycles. The van der Waals surface area contributed by atoms with Gasteiger partial charge in [0.15, 0.2) is 0 Å². The molecule has 15 heavy (non-hydrogen) atoms. The average molecular weight is 247 g/mol. The monoisotopic (exact) mass is 246 g/mol. The lowest BCUT2D eigenvalue weighted by Crippen LogP contribution is -2.27. The van der Waals surface area contributed by atoms with E-state index in [0.29, 0.717) is 22.8 Å². The molecule has 1 rings (SSSR count). The Morgan fingerprint density at radius 2 is 2.13 bits per heavy atom. The summed E-state index contributed by atoms with van der Waals surface area (Å²) in [6.45, 7) is 1.60. The quantitative estimate of drug-likeness (QED) is 0.830. The average Bonchev–Trinajstić information content (AvgIpc) is 2.12. The molecule has 1 atom stereocenters. The molecule has 0 heterocycles. The van der Waals surface area contributed by atoms with E-state index in [1.165, 1.54) is 0 Å². The van der Waals surface area contributed by atoms with Crippen molar-refractivity contribution in [3.05, 3.63) is 33.8 Å². The molecule has 0 bridgehead atoms. The number of halogens is 2. The molecule has 0 radical (unpaired) electrons. The Bertz CT molecular complexity index is 362. The highest BCUT2D eigenvalue weighted by Gasteiger charge is 2.22. The van der Waals surface area contributed by atoms with Crippen molar-refractivity contribution in [3.8, 4) is 0 Å². The van der Waals surface area contributed by atoms with Crippen LogP contribution >= 0.6 is 23.2 Å². The van der Waals surface area contributed by atoms with E-state index in [1.807, 2.05) is 0 Å². The number of benzene rings is 1. The van der Waals surface area contributed by atoms with Crippen LogP contribution in [0.5, 0.6) is 0 Å². The van der Waals surface area contributed by atoms with Gasteiger partial charge in [0, 0.05) is 12.8 Å². The minimum absolute atomic E-state index is 0.0792. The molecule has 0 saturated carbocycles. The van der Waals surface area contributed by atoms with E-state index in [9.17, 15) is 9.90 Å². The van der Waals surface area contributed by atoms with Crippen LogP contribution in [0.3, 0.4) is 0 Å². The number of aliphatic hydroxyl groups is 1. The number of aldehydes is 1. The molecule has 0 aromatic heterocycles. The van der Waals surface area contributed by atoms with E-state index in [2.05, 4.69) is 0 Å². The van der Waals surface area contributed by atoms with Crippen LogP contribution in [0.2, 0.25) is 10.0 Å². The molecule has 2 nitrogen and oxygen atoms in total. The van der Waals surface area contributed by atoms with Crippen LogP contribution in [0.1, 0.15) is 18.9 Å². The van der Waals surface area contributed by atoms with Crippen LogP contribution in [0, 0.1) is 0 Å². The van der Waals surface area contributed by atoms with Gasteiger partial charge in [-0.15, -0.1) is 0 Å². The van der Waals surface area contributed by atoms with Gasteiger partial charge in [-0.05, 0) is 18.6 Å². The molecule has 0 amide bonds. The predicted molar refractivity (Wildman–Crippen MR) is 61.5 cm³/mol. The van der Waals surface area contributed by atoms with Crippen LogP contribution in [0.4, 0.5) is 0 Å². The SMILES string of the molecule is CC(O)(CC=O)Cc1cccc(Cl)c1Cl. The van der Waals surface area contributed by atoms with E-state index in [-0.39, 0.29) is 6.42 Å². The van der Waals surface area contributed by atoms with Crippen molar-refractivity contribution < 1.29 is 9.90 Å². The van der Waals surface area contributed by atoms with Crippen molar-refractivity contribution in [2.24, 2.45) is 0 Å². The third-order valence-corrected chi connectivity index (χ3v) is 2.98. The summed E-state index contributed by atoms with van der Waals surface area (Å²) in [5.74, 6) is 0. The highest BCUT2D eigenvalue weighted by molar-refractivity contribution is 6.42. The first kappa shape index (κ1) is 12.5. The van der Waals surface area contributed by atoms with E-state index < -0.39 is 5.60 Å². The Morgan fingerprint density at radius 3 is 2.73 bits per heavy atom. The number of rotatable bonds is 4. The largest absolute Gasteiger partial charge is 0.389 e. The minimum atomic E-state index is -1.07. The van der Waals surface area contributed by atoms with Crippen LogP contribution in [-0.2, 0) is 11.2 Å². The Hall–Kier alpha value is -0.570. The molecule has 1 N–H and O–H groups in total. The summed E-state index contributed by atoms with van der Waals surface area (Å²) in [4.78, 5) is 10.3. The van der Waals surface area contributed by atoms with Crippen LogP contribution in [-0.4, -0.2) is 17.0 Å². The third-order valence-electron chi connectivity index (χ3n) is 2.13. The molecule has 0 aliphatic carbocycles. The summed E-state index contributed by atoms with van der Waals surface area (Å²) in [7, 11) is 0. The Morgan fingerprint density at radius 1 is 1.47 bits per heavy atom. The third kappa shape index (κ3) is 3.49. The van der Waals surface area contributed by atoms with E-state index in [1.54, 1.807) is 25.1 Å². The molecule has 0 fully saturated rings. The molecule has 1 unspecified atom stereocenters. The zero-order valence-electron chi connectivity index (χ0n) is 8.34. The highest BCUT2D eigenvalue weighted by Crippen LogP contribution is 2.28. The van der Waals surface area contributed by atoms with Gasteiger partial charge in [0.25, 0.3) is 0 Å². The van der Waals surface area contributed by atoms with E-state index in [0.717, 1.165) is 5.56 Å². The molecular formula is C11H12Cl2O2. The van der Waals surface area contributed by atoms with Crippen molar-refractivity contribution in [1.29, 1.82) is 0 Å². The van der Waals surface area contributed by atoms with Crippen LogP contribution in [0.15, 0.2) is 18.2 Å². The summed E-state index contributed by atoms with van der Waals surface area (Å²) in [6.07, 6.45) is 1.08. The fourth-order valence-electron chi connectivity index (χ4n) is 1.35. The molecule has 0 aliphatic heterocycles. The maximum absolute atomic E-state index is 10.3. The van der Waals surface area contributed by atoms with Gasteiger partial charge < -0.3 is 9.90 Å². The van der Waals surface area contributed by atoms with Crippen LogP contribution < -0.4 is 0 Å². The molecule has 4 heteroatoms. The summed E-state index contributed by atoms with van der Waals surface area (Å²) in [6, 6.07) is 5.23. The lowest BCUT2D eigenvalue weighted by Gasteiger charge is -2.21. The normalized spacial score (nSPS) is 14.7. The number of hydrogen-bond donors (Lipinski definition) is 1. The minimum Gasteiger partial charge on any atom is -0.389 e. The lowest BCUT2D eigenvalue weighted by molar-refractivity contribution is -0.111. The van der Waals surface area contributed by atoms with E-state index in [4.69, 9.17) is 23.2 Å². The van der Waals surface area contributed by atoms with Gasteiger partial charge in [0.2, 0.25) is 0 Å². The van der Waals surface area contributed by atoms with E-state index >= 15 is 0 Å². The Kier molecular flexibility index (Phi) is 4.14. The van der Waals surface area contributed by atoms with Crippen molar-refractivity contribution in [2.45, 2.75) is 25.4 Å². The van der Waals surface area contributed by atoms with Crippen molar-refractivity contribution in [1.82, 2.24) is 0 Å². The second-order valence-corrected chi connectivity index (χ2v) is 4.54. The highest BCUT2D eigenvalue weighted by atomic mass is 35.5. The zero-order valence-corrected chi connectivity index (χ0v) is 9.85. The summed E-state index contributed by atoms with van der Waals surface area (Å²) in [5, 5.41) is 10.7. The fraction of sp³-hybridized carbons (Fsp3) is 0.364. The molecule has 1 aromatic rings. The first-order chi connectivity index (χ1) is 6.96. The van der Waals surface area contributed by atoms with Crippen molar-refractivity contribution >= 4 is 29.5 Å². The topological polar surface area (TPSA) is 37.3 Å². The summed E-state index contributed by atoms with van der Waals surface area (Å²) >= 11 is 11.8. The summed E-state index contributed by atoms with van der Waals surface area (Å²) in [5.41, 5.74) is -0.327. The number of hydrogen-bond acceptors (Lipinski definition) is 2. The fourth-order valence-corrected chi connectivity index (χ4v) is 1.73. The van der Waals surface area contributed by atoms with Gasteiger partial charge in [-0.2, -0.15) is 0 Å². The van der Waals surface area contributed by atoms with Crippen LogP contribution in [0.25, 0.3) is 0 Å². The van der Waals surface area contributed by atoms with Gasteiger partial charge in [-0.25, -0.2) is 0 Å².